The molecule has 0 spiro atoms. The molecular formula is C13H17FN2O2. The highest BCUT2D eigenvalue weighted by Gasteiger charge is 2.23. The molecule has 1 aromatic rings. The van der Waals surface area contributed by atoms with Crippen LogP contribution in [0.1, 0.15) is 30.6 Å². The van der Waals surface area contributed by atoms with E-state index in [1.54, 1.807) is 0 Å². The number of hydrogen-bond donors (Lipinski definition) is 2. The van der Waals surface area contributed by atoms with Crippen molar-refractivity contribution in [1.29, 1.82) is 0 Å². The Morgan fingerprint density at radius 3 is 2.33 bits per heavy atom. The lowest BCUT2D eigenvalue weighted by molar-refractivity contribution is -0.120. The van der Waals surface area contributed by atoms with Crippen LogP contribution in [0, 0.1) is 11.7 Å². The summed E-state index contributed by atoms with van der Waals surface area (Å²) in [7, 11) is 0. The highest BCUT2D eigenvalue weighted by atomic mass is 19.1. The minimum atomic E-state index is -0.715. The third kappa shape index (κ3) is 3.55. The monoisotopic (exact) mass is 252 g/mol. The second kappa shape index (κ2) is 6.14. The van der Waals surface area contributed by atoms with Gasteiger partial charge in [-0.05, 0) is 30.2 Å². The maximum Gasteiger partial charge on any atom is 0.251 e. The van der Waals surface area contributed by atoms with E-state index in [0.29, 0.717) is 5.56 Å². The lowest BCUT2D eigenvalue weighted by Gasteiger charge is -2.21. The zero-order valence-electron chi connectivity index (χ0n) is 10.4. The second-order valence-electron chi connectivity index (χ2n) is 4.25. The summed E-state index contributed by atoms with van der Waals surface area (Å²) in [6, 6.07) is 4.39. The zero-order valence-corrected chi connectivity index (χ0v) is 10.4. The normalized spacial score (nSPS) is 13.7. The van der Waals surface area contributed by atoms with Gasteiger partial charge in [-0.3, -0.25) is 9.59 Å². The lowest BCUT2D eigenvalue weighted by atomic mass is 9.98. The van der Waals surface area contributed by atoms with Gasteiger partial charge in [0.05, 0.1) is 0 Å². The van der Waals surface area contributed by atoms with E-state index in [0.717, 1.165) is 6.42 Å². The zero-order chi connectivity index (χ0) is 13.7. The number of carbonyl (C=O) groups is 2. The van der Waals surface area contributed by atoms with Gasteiger partial charge >= 0.3 is 0 Å². The van der Waals surface area contributed by atoms with E-state index in [-0.39, 0.29) is 5.92 Å². The number of nitrogens with two attached hydrogens (primary N) is 1. The van der Waals surface area contributed by atoms with Gasteiger partial charge in [-0.2, -0.15) is 0 Å². The number of amides is 2. The number of carbonyl (C=O) groups excluding carboxylic acids is 2. The molecule has 1 rings (SSSR count). The van der Waals surface area contributed by atoms with E-state index in [1.807, 2.05) is 13.8 Å². The smallest absolute Gasteiger partial charge is 0.251 e. The third-order valence-electron chi connectivity index (χ3n) is 2.91. The molecule has 0 saturated heterocycles. The van der Waals surface area contributed by atoms with Crippen LogP contribution in [0.25, 0.3) is 0 Å². The summed E-state index contributed by atoms with van der Waals surface area (Å²) in [5, 5.41) is 2.57. The Hall–Kier alpha value is -1.91. The molecule has 98 valence electrons. The quantitative estimate of drug-likeness (QED) is 0.832. The molecule has 4 nitrogen and oxygen atoms in total. The molecule has 0 unspecified atom stereocenters. The second-order valence-corrected chi connectivity index (χ2v) is 4.25. The predicted octanol–water partition coefficient (Wildman–Crippen LogP) is 1.46. The van der Waals surface area contributed by atoms with Gasteiger partial charge < -0.3 is 11.1 Å². The molecule has 0 aliphatic heterocycles. The van der Waals surface area contributed by atoms with Gasteiger partial charge in [-0.15, -0.1) is 0 Å². The summed E-state index contributed by atoms with van der Waals surface area (Å²) in [5.74, 6) is -1.47. The molecule has 5 heteroatoms. The van der Waals surface area contributed by atoms with Crippen molar-refractivity contribution in [3.63, 3.8) is 0 Å². The summed E-state index contributed by atoms with van der Waals surface area (Å²) in [6.07, 6.45) is 0.720. The predicted molar refractivity (Wildman–Crippen MR) is 66.3 cm³/mol. The van der Waals surface area contributed by atoms with Gasteiger partial charge in [0, 0.05) is 5.56 Å². The first kappa shape index (κ1) is 14.2. The maximum atomic E-state index is 12.7. The molecule has 3 N–H and O–H groups in total. The van der Waals surface area contributed by atoms with E-state index in [1.165, 1.54) is 24.3 Å². The van der Waals surface area contributed by atoms with Gasteiger partial charge in [-0.25, -0.2) is 4.39 Å². The first-order chi connectivity index (χ1) is 8.45. The van der Waals surface area contributed by atoms with Crippen LogP contribution >= 0.6 is 0 Å². The Kier molecular flexibility index (Phi) is 4.83. The molecule has 18 heavy (non-hydrogen) atoms. The first-order valence-electron chi connectivity index (χ1n) is 5.81. The largest absolute Gasteiger partial charge is 0.368 e. The average Bonchev–Trinajstić information content (AvgIpc) is 2.35. The summed E-state index contributed by atoms with van der Waals surface area (Å²) < 4.78 is 12.7. The van der Waals surface area contributed by atoms with Gasteiger partial charge in [0.1, 0.15) is 11.9 Å². The Balaban J connectivity index is 2.78. The molecule has 0 aromatic heterocycles. The van der Waals surface area contributed by atoms with Crippen molar-refractivity contribution in [2.24, 2.45) is 11.7 Å². The van der Waals surface area contributed by atoms with Gasteiger partial charge in [-0.1, -0.05) is 20.3 Å². The molecule has 1 aromatic carbocycles. The average molecular weight is 252 g/mol. The molecule has 2 atom stereocenters. The van der Waals surface area contributed by atoms with Crippen LogP contribution in [0.15, 0.2) is 24.3 Å². The van der Waals surface area contributed by atoms with Crippen molar-refractivity contribution < 1.29 is 14.0 Å². The molecule has 2 amide bonds. The van der Waals surface area contributed by atoms with Crippen LogP contribution in [-0.2, 0) is 4.79 Å². The fourth-order valence-corrected chi connectivity index (χ4v) is 1.56. The summed E-state index contributed by atoms with van der Waals surface area (Å²) in [5.41, 5.74) is 5.55. The minimum absolute atomic E-state index is 0.0492. The minimum Gasteiger partial charge on any atom is -0.368 e. The van der Waals surface area contributed by atoms with Crippen molar-refractivity contribution in [1.82, 2.24) is 5.32 Å². The maximum absolute atomic E-state index is 12.7. The van der Waals surface area contributed by atoms with E-state index < -0.39 is 23.7 Å². The Morgan fingerprint density at radius 2 is 1.89 bits per heavy atom. The van der Waals surface area contributed by atoms with Crippen molar-refractivity contribution in [3.8, 4) is 0 Å². The number of nitrogens with one attached hydrogen (secondary N) is 1. The van der Waals surface area contributed by atoms with E-state index in [9.17, 15) is 14.0 Å². The Morgan fingerprint density at radius 1 is 1.33 bits per heavy atom. The van der Waals surface area contributed by atoms with Gasteiger partial charge in [0.25, 0.3) is 5.91 Å². The summed E-state index contributed by atoms with van der Waals surface area (Å²) >= 11 is 0. The van der Waals surface area contributed by atoms with Crippen LogP contribution in [0.3, 0.4) is 0 Å². The third-order valence-corrected chi connectivity index (χ3v) is 2.91. The van der Waals surface area contributed by atoms with E-state index in [2.05, 4.69) is 5.32 Å². The van der Waals surface area contributed by atoms with Gasteiger partial charge in [0.2, 0.25) is 5.91 Å². The molecular weight excluding hydrogens is 235 g/mol. The SMILES string of the molecule is CC[C@@H](C)[C@@H](NC(=O)c1ccc(F)cc1)C(N)=O. The topological polar surface area (TPSA) is 72.2 Å². The number of hydrogen-bond acceptors (Lipinski definition) is 2. The van der Waals surface area contributed by atoms with Crippen LogP contribution in [-0.4, -0.2) is 17.9 Å². The number of primary amides is 1. The number of benzene rings is 1. The first-order valence-corrected chi connectivity index (χ1v) is 5.81. The van der Waals surface area contributed by atoms with Crippen molar-refractivity contribution in [3.05, 3.63) is 35.6 Å². The number of rotatable bonds is 5. The van der Waals surface area contributed by atoms with E-state index in [4.69, 9.17) is 5.73 Å². The highest BCUT2D eigenvalue weighted by molar-refractivity contribution is 5.97. The molecule has 0 aliphatic carbocycles. The molecule has 0 fully saturated rings. The van der Waals surface area contributed by atoms with Crippen LogP contribution in [0.4, 0.5) is 4.39 Å². The van der Waals surface area contributed by atoms with Gasteiger partial charge in [0.15, 0.2) is 0 Å². The Labute approximate surface area is 105 Å². The fraction of sp³-hybridized carbons (Fsp3) is 0.385. The standard InChI is InChI=1S/C13H17FN2O2/c1-3-8(2)11(12(15)17)16-13(18)9-4-6-10(14)7-5-9/h4-8,11H,3H2,1-2H3,(H2,15,17)(H,16,18)/t8-,11-/m1/s1. The van der Waals surface area contributed by atoms with Crippen LogP contribution < -0.4 is 11.1 Å². The lowest BCUT2D eigenvalue weighted by Crippen LogP contribution is -2.48. The molecule has 0 radical (unpaired) electrons. The van der Waals surface area contributed by atoms with Crippen molar-refractivity contribution in [2.45, 2.75) is 26.3 Å². The Bertz CT molecular complexity index is 431. The van der Waals surface area contributed by atoms with Crippen molar-refractivity contribution in [2.75, 3.05) is 0 Å². The molecule has 0 heterocycles. The molecule has 0 bridgehead atoms. The van der Waals surface area contributed by atoms with Crippen molar-refractivity contribution >= 4 is 11.8 Å². The number of halogens is 1. The molecule has 0 aliphatic rings. The summed E-state index contributed by atoms with van der Waals surface area (Å²) in [4.78, 5) is 23.1. The highest BCUT2D eigenvalue weighted by Crippen LogP contribution is 2.09. The molecule has 0 saturated carbocycles. The van der Waals surface area contributed by atoms with Crippen LogP contribution in [0.5, 0.6) is 0 Å². The van der Waals surface area contributed by atoms with E-state index >= 15 is 0 Å². The van der Waals surface area contributed by atoms with Crippen LogP contribution in [0.2, 0.25) is 0 Å². The fourth-order valence-electron chi connectivity index (χ4n) is 1.56. The summed E-state index contributed by atoms with van der Waals surface area (Å²) in [6.45, 7) is 3.74.